The van der Waals surface area contributed by atoms with Crippen LogP contribution in [-0.2, 0) is 15.6 Å². The third-order valence-corrected chi connectivity index (χ3v) is 8.92. The van der Waals surface area contributed by atoms with Crippen LogP contribution in [0, 0.1) is 11.8 Å². The van der Waals surface area contributed by atoms with Crippen LogP contribution >= 0.6 is 11.6 Å². The third-order valence-electron chi connectivity index (χ3n) is 6.95. The molecule has 10 heteroatoms. The highest BCUT2D eigenvalue weighted by atomic mass is 35.5. The summed E-state index contributed by atoms with van der Waals surface area (Å²) in [6.45, 7) is 2.02. The fourth-order valence-electron chi connectivity index (χ4n) is 5.13. The molecule has 1 saturated carbocycles. The minimum atomic E-state index is -4.10. The van der Waals surface area contributed by atoms with Crippen LogP contribution in [0.1, 0.15) is 44.2 Å². The summed E-state index contributed by atoms with van der Waals surface area (Å²) in [6, 6.07) is 7.05. The van der Waals surface area contributed by atoms with Crippen molar-refractivity contribution >= 4 is 27.1 Å². The van der Waals surface area contributed by atoms with Crippen LogP contribution in [0.4, 0.5) is 14.5 Å². The molecule has 6 nitrogen and oxygen atoms in total. The van der Waals surface area contributed by atoms with E-state index in [-0.39, 0.29) is 16.8 Å². The van der Waals surface area contributed by atoms with Gasteiger partial charge in [0, 0.05) is 18.1 Å². The van der Waals surface area contributed by atoms with E-state index in [0.29, 0.717) is 17.8 Å². The first-order valence-corrected chi connectivity index (χ1v) is 13.8. The van der Waals surface area contributed by atoms with Gasteiger partial charge in [-0.05, 0) is 70.1 Å². The lowest BCUT2D eigenvalue weighted by atomic mass is 9.87. The molecule has 2 atom stereocenters. The molecular formula is C24H31ClF2N4O2S. The second-order valence-electron chi connectivity index (χ2n) is 9.22. The van der Waals surface area contributed by atoms with Gasteiger partial charge in [0.2, 0.25) is 5.95 Å². The average molecular weight is 513 g/mol. The molecule has 1 aliphatic heterocycles. The van der Waals surface area contributed by atoms with E-state index in [9.17, 15) is 12.8 Å². The second kappa shape index (κ2) is 10.8. The molecule has 2 aromatic rings. The summed E-state index contributed by atoms with van der Waals surface area (Å²) in [4.78, 5) is 5.51. The van der Waals surface area contributed by atoms with Crippen molar-refractivity contribution in [3.8, 4) is 0 Å². The summed E-state index contributed by atoms with van der Waals surface area (Å²) in [7, 11) is -1.94. The number of likely N-dealkylation sites (N-methyl/N-ethyl adjacent to an activating group) is 1. The van der Waals surface area contributed by atoms with Crippen molar-refractivity contribution in [3.63, 3.8) is 0 Å². The summed E-state index contributed by atoms with van der Waals surface area (Å²) >= 11 is 6.44. The van der Waals surface area contributed by atoms with Crippen molar-refractivity contribution in [1.82, 2.24) is 15.2 Å². The maximum Gasteiger partial charge on any atom is 0.213 e. The number of nitrogens with one attached hydrogen (secondary N) is 2. The van der Waals surface area contributed by atoms with Crippen LogP contribution in [0.3, 0.4) is 0 Å². The minimum Gasteiger partial charge on any atom is -0.379 e. The van der Waals surface area contributed by atoms with Gasteiger partial charge in [-0.1, -0.05) is 30.5 Å². The molecule has 1 aromatic carbocycles. The Morgan fingerprint density at radius 1 is 1.15 bits per heavy atom. The second-order valence-corrected chi connectivity index (χ2v) is 11.6. The molecule has 2 heterocycles. The van der Waals surface area contributed by atoms with Gasteiger partial charge < -0.3 is 10.6 Å². The topological polar surface area (TPSA) is 74.3 Å². The molecule has 1 saturated heterocycles. The van der Waals surface area contributed by atoms with Gasteiger partial charge in [0.25, 0.3) is 0 Å². The maximum atomic E-state index is 15.0. The Kier molecular flexibility index (Phi) is 8.07. The molecule has 0 unspecified atom stereocenters. The van der Waals surface area contributed by atoms with E-state index in [1.54, 1.807) is 0 Å². The highest BCUT2D eigenvalue weighted by molar-refractivity contribution is 7.90. The molecule has 0 bridgehead atoms. The number of sulfone groups is 1. The largest absolute Gasteiger partial charge is 0.379 e. The van der Waals surface area contributed by atoms with E-state index < -0.39 is 32.3 Å². The van der Waals surface area contributed by atoms with Gasteiger partial charge >= 0.3 is 0 Å². The smallest absolute Gasteiger partial charge is 0.213 e. The van der Waals surface area contributed by atoms with Crippen molar-refractivity contribution < 1.29 is 17.2 Å². The third kappa shape index (κ3) is 5.87. The van der Waals surface area contributed by atoms with Gasteiger partial charge in [-0.3, -0.25) is 4.90 Å². The molecular weight excluding hydrogens is 482 g/mol. The number of benzene rings is 1. The number of nitrogens with zero attached hydrogens (tertiary/aromatic N) is 2. The SMILES string of the molecule is CN(C1CCNCC1)[C@H]1CCCC[C@@H]1Nc1cc(F)c(S(=O)(=O)Cc2cccc(F)n2)cc1Cl. The first-order chi connectivity index (χ1) is 16.2. The molecule has 2 aliphatic rings. The Hall–Kier alpha value is -1.81. The minimum absolute atomic E-state index is 0.00345. The summed E-state index contributed by atoms with van der Waals surface area (Å²) in [5.74, 6) is -2.29. The molecule has 4 rings (SSSR count). The normalized spacial score (nSPS) is 22.1. The monoisotopic (exact) mass is 512 g/mol. The van der Waals surface area contributed by atoms with Gasteiger partial charge in [0.1, 0.15) is 10.7 Å². The molecule has 34 heavy (non-hydrogen) atoms. The summed E-state index contributed by atoms with van der Waals surface area (Å²) in [5.41, 5.74) is 0.390. The first kappa shape index (κ1) is 25.3. The number of piperidine rings is 1. The van der Waals surface area contributed by atoms with Crippen molar-refractivity contribution in [3.05, 3.63) is 52.8 Å². The van der Waals surface area contributed by atoms with Crippen LogP contribution < -0.4 is 10.6 Å². The highest BCUT2D eigenvalue weighted by Gasteiger charge is 2.33. The fourth-order valence-corrected chi connectivity index (χ4v) is 6.77. The van der Waals surface area contributed by atoms with Gasteiger partial charge in [-0.25, -0.2) is 17.8 Å². The first-order valence-electron chi connectivity index (χ1n) is 11.8. The molecule has 186 valence electrons. The predicted molar refractivity (Wildman–Crippen MR) is 130 cm³/mol. The summed E-state index contributed by atoms with van der Waals surface area (Å²) in [6.07, 6.45) is 6.39. The van der Waals surface area contributed by atoms with E-state index in [4.69, 9.17) is 11.6 Å². The highest BCUT2D eigenvalue weighted by Crippen LogP contribution is 2.33. The van der Waals surface area contributed by atoms with Crippen molar-refractivity contribution in [2.24, 2.45) is 0 Å². The van der Waals surface area contributed by atoms with Gasteiger partial charge in [-0.2, -0.15) is 4.39 Å². The number of anilines is 1. The summed E-state index contributed by atoms with van der Waals surface area (Å²) < 4.78 is 54.0. The quantitative estimate of drug-likeness (QED) is 0.536. The lowest BCUT2D eigenvalue weighted by Crippen LogP contribution is -2.53. The molecule has 0 radical (unpaired) electrons. The summed E-state index contributed by atoms with van der Waals surface area (Å²) in [5, 5.41) is 6.95. The fraction of sp³-hybridized carbons (Fsp3) is 0.542. The predicted octanol–water partition coefficient (Wildman–Crippen LogP) is 4.39. The van der Waals surface area contributed by atoms with Crippen molar-refractivity contribution in [1.29, 1.82) is 0 Å². The van der Waals surface area contributed by atoms with E-state index in [1.165, 1.54) is 12.1 Å². The van der Waals surface area contributed by atoms with Gasteiger partial charge in [0.05, 0.1) is 22.2 Å². The number of aromatic nitrogens is 1. The molecule has 0 spiro atoms. The van der Waals surface area contributed by atoms with Crippen LogP contribution in [0.25, 0.3) is 0 Å². The Bertz CT molecular complexity index is 1110. The van der Waals surface area contributed by atoms with Crippen molar-refractivity contribution in [2.75, 3.05) is 25.5 Å². The lowest BCUT2D eigenvalue weighted by molar-refractivity contribution is 0.106. The Morgan fingerprint density at radius 3 is 2.62 bits per heavy atom. The lowest BCUT2D eigenvalue weighted by Gasteiger charge is -2.43. The molecule has 1 aromatic heterocycles. The maximum absolute atomic E-state index is 15.0. The van der Waals surface area contributed by atoms with E-state index in [1.807, 2.05) is 0 Å². The Balaban J connectivity index is 1.52. The average Bonchev–Trinajstić information content (AvgIpc) is 2.81. The zero-order chi connectivity index (χ0) is 24.3. The number of hydrogen-bond acceptors (Lipinski definition) is 6. The Morgan fingerprint density at radius 2 is 1.88 bits per heavy atom. The molecule has 2 N–H and O–H groups in total. The van der Waals surface area contributed by atoms with Crippen LogP contribution in [-0.4, -0.2) is 56.6 Å². The van der Waals surface area contributed by atoms with E-state index in [0.717, 1.165) is 69.8 Å². The van der Waals surface area contributed by atoms with Crippen LogP contribution in [0.5, 0.6) is 0 Å². The van der Waals surface area contributed by atoms with E-state index >= 15 is 4.39 Å². The Labute approximate surface area is 205 Å². The molecule has 2 fully saturated rings. The van der Waals surface area contributed by atoms with Crippen LogP contribution in [0.2, 0.25) is 5.02 Å². The number of halogens is 3. The number of hydrogen-bond donors (Lipinski definition) is 2. The molecule has 1 aliphatic carbocycles. The van der Waals surface area contributed by atoms with E-state index in [2.05, 4.69) is 27.6 Å². The standard InChI is InChI=1S/C24H31ClF2N4O2S/c1-31(17-9-11-28-12-10-17)22-7-3-2-6-20(22)30-21-14-19(26)23(13-18(21)25)34(32,33)15-16-5-4-8-24(27)29-16/h4-5,8,13-14,17,20,22,28,30H,2-3,6-7,9-12,15H2,1H3/t20-,22-/m0/s1. The number of rotatable bonds is 7. The zero-order valence-corrected chi connectivity index (χ0v) is 20.8. The molecule has 0 amide bonds. The van der Waals surface area contributed by atoms with Crippen molar-refractivity contribution in [2.45, 2.75) is 67.3 Å². The zero-order valence-electron chi connectivity index (χ0n) is 19.2. The van der Waals surface area contributed by atoms with Gasteiger partial charge in [0.15, 0.2) is 9.84 Å². The van der Waals surface area contributed by atoms with Gasteiger partial charge in [-0.15, -0.1) is 0 Å². The van der Waals surface area contributed by atoms with Crippen LogP contribution in [0.15, 0.2) is 35.2 Å². The number of pyridine rings is 1.